The summed E-state index contributed by atoms with van der Waals surface area (Å²) in [6.07, 6.45) is -1.70. The number of ether oxygens (including phenoxy) is 3. The molecule has 0 aliphatic carbocycles. The number of rotatable bonds is 5. The van der Waals surface area contributed by atoms with Crippen molar-refractivity contribution in [2.75, 3.05) is 20.3 Å². The standard InChI is InChI=1S/C9H16O5/c1-3-4-13-5-6-7(10)8(11)9(12-2)14-6/h3,6-11H,1,4-5H2,2H3/t6-,7-,8-,9-/m1/s1. The first-order valence-corrected chi connectivity index (χ1v) is 4.43. The zero-order chi connectivity index (χ0) is 10.6. The molecule has 1 fully saturated rings. The van der Waals surface area contributed by atoms with Gasteiger partial charge < -0.3 is 24.4 Å². The fourth-order valence-corrected chi connectivity index (χ4v) is 1.31. The minimum Gasteiger partial charge on any atom is -0.387 e. The van der Waals surface area contributed by atoms with Gasteiger partial charge >= 0.3 is 0 Å². The zero-order valence-corrected chi connectivity index (χ0v) is 8.13. The van der Waals surface area contributed by atoms with Crippen LogP contribution in [0.25, 0.3) is 0 Å². The summed E-state index contributed by atoms with van der Waals surface area (Å²) in [5.74, 6) is 0. The molecule has 0 radical (unpaired) electrons. The summed E-state index contributed by atoms with van der Waals surface area (Å²) in [7, 11) is 1.41. The molecule has 0 aromatic carbocycles. The Bertz CT molecular complexity index is 184. The van der Waals surface area contributed by atoms with Crippen LogP contribution in [0.1, 0.15) is 0 Å². The second-order valence-electron chi connectivity index (χ2n) is 3.09. The second-order valence-corrected chi connectivity index (χ2v) is 3.09. The van der Waals surface area contributed by atoms with Crippen LogP contribution in [0.5, 0.6) is 0 Å². The predicted molar refractivity (Wildman–Crippen MR) is 48.7 cm³/mol. The fraction of sp³-hybridized carbons (Fsp3) is 0.778. The van der Waals surface area contributed by atoms with Crippen LogP contribution in [0.15, 0.2) is 12.7 Å². The normalized spacial score (nSPS) is 37.4. The molecule has 0 aromatic heterocycles. The van der Waals surface area contributed by atoms with Crippen LogP contribution in [-0.2, 0) is 14.2 Å². The summed E-state index contributed by atoms with van der Waals surface area (Å²) in [5, 5.41) is 18.9. The molecule has 1 heterocycles. The lowest BCUT2D eigenvalue weighted by Crippen LogP contribution is -2.34. The van der Waals surface area contributed by atoms with Gasteiger partial charge in [-0.1, -0.05) is 6.08 Å². The fourth-order valence-electron chi connectivity index (χ4n) is 1.31. The van der Waals surface area contributed by atoms with Crippen molar-refractivity contribution in [1.82, 2.24) is 0 Å². The average molecular weight is 204 g/mol. The minimum atomic E-state index is -1.02. The van der Waals surface area contributed by atoms with E-state index in [1.165, 1.54) is 7.11 Å². The number of hydrogen-bond acceptors (Lipinski definition) is 5. The summed E-state index contributed by atoms with van der Waals surface area (Å²) in [4.78, 5) is 0. The minimum absolute atomic E-state index is 0.212. The van der Waals surface area contributed by atoms with E-state index in [0.29, 0.717) is 6.61 Å². The highest BCUT2D eigenvalue weighted by Gasteiger charge is 2.42. The summed E-state index contributed by atoms with van der Waals surface area (Å²) in [6, 6.07) is 0. The van der Waals surface area contributed by atoms with Crippen LogP contribution in [0, 0.1) is 0 Å². The smallest absolute Gasteiger partial charge is 0.186 e. The summed E-state index contributed by atoms with van der Waals surface area (Å²) in [6.45, 7) is 4.09. The quantitative estimate of drug-likeness (QED) is 0.457. The van der Waals surface area contributed by atoms with Crippen LogP contribution in [0.4, 0.5) is 0 Å². The lowest BCUT2D eigenvalue weighted by atomic mass is 10.1. The molecule has 14 heavy (non-hydrogen) atoms. The van der Waals surface area contributed by atoms with Gasteiger partial charge in [-0.3, -0.25) is 0 Å². The van der Waals surface area contributed by atoms with Crippen molar-refractivity contribution < 1.29 is 24.4 Å². The average Bonchev–Trinajstić information content (AvgIpc) is 2.46. The Hall–Kier alpha value is -0.460. The molecular formula is C9H16O5. The summed E-state index contributed by atoms with van der Waals surface area (Å²) >= 11 is 0. The van der Waals surface area contributed by atoms with E-state index in [4.69, 9.17) is 14.2 Å². The largest absolute Gasteiger partial charge is 0.387 e. The Morgan fingerprint density at radius 1 is 1.43 bits per heavy atom. The van der Waals surface area contributed by atoms with E-state index in [0.717, 1.165) is 0 Å². The molecule has 5 heteroatoms. The van der Waals surface area contributed by atoms with Crippen molar-refractivity contribution in [3.63, 3.8) is 0 Å². The van der Waals surface area contributed by atoms with Crippen LogP contribution >= 0.6 is 0 Å². The van der Waals surface area contributed by atoms with Gasteiger partial charge in [0, 0.05) is 7.11 Å². The molecule has 0 spiro atoms. The van der Waals surface area contributed by atoms with Gasteiger partial charge in [0.15, 0.2) is 6.29 Å². The molecule has 0 amide bonds. The first-order chi connectivity index (χ1) is 6.70. The first-order valence-electron chi connectivity index (χ1n) is 4.43. The third-order valence-corrected chi connectivity index (χ3v) is 2.07. The Morgan fingerprint density at radius 2 is 2.14 bits per heavy atom. The van der Waals surface area contributed by atoms with E-state index in [-0.39, 0.29) is 6.61 Å². The molecule has 1 aliphatic heterocycles. The third kappa shape index (κ3) is 2.52. The van der Waals surface area contributed by atoms with Crippen LogP contribution < -0.4 is 0 Å². The predicted octanol–water partition coefficient (Wildman–Crippen LogP) is -0.718. The highest BCUT2D eigenvalue weighted by atomic mass is 16.7. The Kier molecular flexibility index (Phi) is 4.50. The van der Waals surface area contributed by atoms with E-state index >= 15 is 0 Å². The Morgan fingerprint density at radius 3 is 2.64 bits per heavy atom. The van der Waals surface area contributed by atoms with Crippen molar-refractivity contribution in [1.29, 1.82) is 0 Å². The molecule has 1 aliphatic rings. The molecule has 82 valence electrons. The van der Waals surface area contributed by atoms with E-state index < -0.39 is 24.6 Å². The van der Waals surface area contributed by atoms with Crippen molar-refractivity contribution in [2.45, 2.75) is 24.6 Å². The zero-order valence-electron chi connectivity index (χ0n) is 8.13. The van der Waals surface area contributed by atoms with Crippen LogP contribution in [0.3, 0.4) is 0 Å². The Balaban J connectivity index is 2.36. The maximum Gasteiger partial charge on any atom is 0.186 e. The van der Waals surface area contributed by atoms with Crippen molar-refractivity contribution in [3.8, 4) is 0 Å². The lowest BCUT2D eigenvalue weighted by molar-refractivity contribution is -0.155. The van der Waals surface area contributed by atoms with E-state index in [2.05, 4.69) is 6.58 Å². The summed E-state index contributed by atoms with van der Waals surface area (Å²) < 4.78 is 15.1. The number of aliphatic hydroxyl groups excluding tert-OH is 2. The SMILES string of the molecule is C=CCOC[C@H]1O[C@@H](OC)[C@H](O)[C@@H]1O. The van der Waals surface area contributed by atoms with Crippen molar-refractivity contribution in [2.24, 2.45) is 0 Å². The molecule has 0 unspecified atom stereocenters. The first kappa shape index (κ1) is 11.6. The number of aliphatic hydroxyl groups is 2. The van der Waals surface area contributed by atoms with Crippen LogP contribution in [-0.4, -0.2) is 55.1 Å². The molecule has 0 bridgehead atoms. The second kappa shape index (κ2) is 5.43. The molecule has 0 saturated carbocycles. The van der Waals surface area contributed by atoms with Crippen LogP contribution in [0.2, 0.25) is 0 Å². The van der Waals surface area contributed by atoms with E-state index in [9.17, 15) is 10.2 Å². The molecule has 1 rings (SSSR count). The van der Waals surface area contributed by atoms with Gasteiger partial charge in [0.05, 0.1) is 13.2 Å². The molecule has 2 N–H and O–H groups in total. The van der Waals surface area contributed by atoms with Gasteiger partial charge in [-0.25, -0.2) is 0 Å². The molecule has 0 aromatic rings. The maximum absolute atomic E-state index is 9.50. The van der Waals surface area contributed by atoms with Gasteiger partial charge in [-0.05, 0) is 0 Å². The maximum atomic E-state index is 9.50. The van der Waals surface area contributed by atoms with E-state index in [1.807, 2.05) is 0 Å². The number of hydrogen-bond donors (Lipinski definition) is 2. The van der Waals surface area contributed by atoms with E-state index in [1.54, 1.807) is 6.08 Å². The third-order valence-electron chi connectivity index (χ3n) is 2.07. The lowest BCUT2D eigenvalue weighted by Gasteiger charge is -2.13. The van der Waals surface area contributed by atoms with Gasteiger partial charge in [0.2, 0.25) is 0 Å². The van der Waals surface area contributed by atoms with Crippen molar-refractivity contribution in [3.05, 3.63) is 12.7 Å². The van der Waals surface area contributed by atoms with Gasteiger partial charge in [0.1, 0.15) is 18.3 Å². The Labute approximate surface area is 82.9 Å². The highest BCUT2D eigenvalue weighted by molar-refractivity contribution is 4.86. The van der Waals surface area contributed by atoms with Gasteiger partial charge in [0.25, 0.3) is 0 Å². The summed E-state index contributed by atoms with van der Waals surface area (Å²) in [5.41, 5.74) is 0. The molecular weight excluding hydrogens is 188 g/mol. The molecule has 5 nitrogen and oxygen atoms in total. The molecule has 1 saturated heterocycles. The van der Waals surface area contributed by atoms with Gasteiger partial charge in [-0.2, -0.15) is 0 Å². The molecule has 4 atom stereocenters. The van der Waals surface area contributed by atoms with Gasteiger partial charge in [-0.15, -0.1) is 6.58 Å². The van der Waals surface area contributed by atoms with Crippen molar-refractivity contribution >= 4 is 0 Å². The topological polar surface area (TPSA) is 68.2 Å². The number of methoxy groups -OCH3 is 1. The monoisotopic (exact) mass is 204 g/mol. The highest BCUT2D eigenvalue weighted by Crippen LogP contribution is 2.21.